The minimum Gasteiger partial charge on any atom is -0.337 e. The predicted molar refractivity (Wildman–Crippen MR) is 99.2 cm³/mol. The first kappa shape index (κ1) is 16.3. The van der Waals surface area contributed by atoms with Gasteiger partial charge in [-0.05, 0) is 48.9 Å². The van der Waals surface area contributed by atoms with Gasteiger partial charge >= 0.3 is 0 Å². The van der Waals surface area contributed by atoms with Crippen molar-refractivity contribution >= 4 is 28.8 Å². The fourth-order valence-electron chi connectivity index (χ4n) is 3.64. The summed E-state index contributed by atoms with van der Waals surface area (Å²) in [5.41, 5.74) is 1.28. The molecule has 2 fully saturated rings. The number of nitrogens with one attached hydrogen (secondary N) is 2. The Morgan fingerprint density at radius 3 is 2.84 bits per heavy atom. The number of thiophene rings is 1. The predicted octanol–water partition coefficient (Wildman–Crippen LogP) is 2.97. The summed E-state index contributed by atoms with van der Waals surface area (Å²) in [6, 6.07) is 11.8. The van der Waals surface area contributed by atoms with E-state index in [0.29, 0.717) is 28.2 Å². The van der Waals surface area contributed by atoms with Crippen molar-refractivity contribution in [2.75, 3.05) is 18.4 Å². The second kappa shape index (κ2) is 6.98. The average Bonchev–Trinajstić information content (AvgIpc) is 3.24. The van der Waals surface area contributed by atoms with Crippen molar-refractivity contribution in [2.24, 2.45) is 0 Å². The Balaban J connectivity index is 1.47. The van der Waals surface area contributed by atoms with Crippen LogP contribution in [0.15, 0.2) is 41.8 Å². The largest absolute Gasteiger partial charge is 0.337 e. The van der Waals surface area contributed by atoms with Gasteiger partial charge in [0.05, 0.1) is 4.88 Å². The van der Waals surface area contributed by atoms with Crippen LogP contribution in [0.2, 0.25) is 0 Å². The average molecular weight is 355 g/mol. The first-order valence-electron chi connectivity index (χ1n) is 8.69. The van der Waals surface area contributed by atoms with Crippen LogP contribution in [0.4, 0.5) is 5.69 Å². The summed E-state index contributed by atoms with van der Waals surface area (Å²) in [6.45, 7) is 1.56. The van der Waals surface area contributed by atoms with Gasteiger partial charge in [0, 0.05) is 36.4 Å². The maximum absolute atomic E-state index is 12.9. The molecule has 2 amide bonds. The molecule has 3 heterocycles. The molecule has 0 aliphatic carbocycles. The van der Waals surface area contributed by atoms with Gasteiger partial charge in [-0.2, -0.15) is 0 Å². The van der Waals surface area contributed by atoms with Crippen LogP contribution in [-0.4, -0.2) is 41.9 Å². The first-order chi connectivity index (χ1) is 12.2. The van der Waals surface area contributed by atoms with E-state index in [1.165, 1.54) is 17.8 Å². The molecule has 2 aliphatic heterocycles. The van der Waals surface area contributed by atoms with Gasteiger partial charge in [0.15, 0.2) is 0 Å². The molecule has 0 spiro atoms. The smallest absolute Gasteiger partial charge is 0.265 e. The fraction of sp³-hybridized carbons (Fsp3) is 0.368. The Morgan fingerprint density at radius 2 is 2.00 bits per heavy atom. The van der Waals surface area contributed by atoms with Gasteiger partial charge in [-0.25, -0.2) is 0 Å². The van der Waals surface area contributed by atoms with E-state index >= 15 is 0 Å². The molecule has 2 N–H and O–H groups in total. The van der Waals surface area contributed by atoms with Crippen molar-refractivity contribution in [3.63, 3.8) is 0 Å². The molecule has 6 heteroatoms. The quantitative estimate of drug-likeness (QED) is 0.890. The van der Waals surface area contributed by atoms with Gasteiger partial charge in [0.25, 0.3) is 11.8 Å². The molecule has 2 saturated heterocycles. The van der Waals surface area contributed by atoms with Crippen molar-refractivity contribution < 1.29 is 9.59 Å². The third-order valence-electron chi connectivity index (χ3n) is 4.92. The summed E-state index contributed by atoms with van der Waals surface area (Å²) in [5.74, 6) is -0.0996. The number of amides is 2. The molecule has 4 rings (SSSR count). The molecule has 0 saturated carbocycles. The molecular formula is C19H21N3O2S. The van der Waals surface area contributed by atoms with Crippen LogP contribution in [0, 0.1) is 0 Å². The minimum atomic E-state index is -0.143. The van der Waals surface area contributed by atoms with E-state index in [4.69, 9.17) is 0 Å². The lowest BCUT2D eigenvalue weighted by molar-refractivity contribution is 0.0748. The molecule has 0 radical (unpaired) electrons. The highest BCUT2D eigenvalue weighted by molar-refractivity contribution is 7.12. The fourth-order valence-corrected chi connectivity index (χ4v) is 4.26. The number of carbonyl (C=O) groups is 2. The van der Waals surface area contributed by atoms with Crippen LogP contribution in [0.1, 0.15) is 39.3 Å². The van der Waals surface area contributed by atoms with Gasteiger partial charge < -0.3 is 15.5 Å². The van der Waals surface area contributed by atoms with E-state index in [9.17, 15) is 9.59 Å². The number of likely N-dealkylation sites (tertiary alicyclic amines) is 1. The van der Waals surface area contributed by atoms with Crippen molar-refractivity contribution in [1.82, 2.24) is 10.2 Å². The Hall–Kier alpha value is -2.18. The molecule has 25 heavy (non-hydrogen) atoms. The highest BCUT2D eigenvalue weighted by Crippen LogP contribution is 2.22. The summed E-state index contributed by atoms with van der Waals surface area (Å²) in [4.78, 5) is 27.7. The van der Waals surface area contributed by atoms with Crippen LogP contribution in [0.25, 0.3) is 0 Å². The van der Waals surface area contributed by atoms with E-state index < -0.39 is 0 Å². The topological polar surface area (TPSA) is 61.4 Å². The van der Waals surface area contributed by atoms with E-state index in [-0.39, 0.29) is 11.8 Å². The number of benzene rings is 1. The zero-order chi connectivity index (χ0) is 17.2. The lowest BCUT2D eigenvalue weighted by Crippen LogP contribution is -2.39. The summed E-state index contributed by atoms with van der Waals surface area (Å²) >= 11 is 1.40. The van der Waals surface area contributed by atoms with Gasteiger partial charge in [-0.3, -0.25) is 9.59 Å². The number of nitrogens with zero attached hydrogens (tertiary/aromatic N) is 1. The second-order valence-electron chi connectivity index (χ2n) is 6.69. The highest BCUT2D eigenvalue weighted by atomic mass is 32.1. The molecule has 2 bridgehead atoms. The van der Waals surface area contributed by atoms with E-state index in [1.807, 2.05) is 34.5 Å². The van der Waals surface area contributed by atoms with Gasteiger partial charge in [-0.1, -0.05) is 12.1 Å². The first-order valence-corrected chi connectivity index (χ1v) is 9.57. The van der Waals surface area contributed by atoms with E-state index in [2.05, 4.69) is 10.6 Å². The van der Waals surface area contributed by atoms with E-state index in [0.717, 1.165) is 25.9 Å². The highest BCUT2D eigenvalue weighted by Gasteiger charge is 2.31. The summed E-state index contributed by atoms with van der Waals surface area (Å²) < 4.78 is 0. The van der Waals surface area contributed by atoms with Gasteiger partial charge in [0.1, 0.15) is 0 Å². The number of anilines is 1. The molecular weight excluding hydrogens is 334 g/mol. The van der Waals surface area contributed by atoms with Crippen LogP contribution < -0.4 is 10.6 Å². The Kier molecular flexibility index (Phi) is 4.55. The van der Waals surface area contributed by atoms with Crippen molar-refractivity contribution in [3.8, 4) is 0 Å². The molecule has 2 unspecified atom stereocenters. The van der Waals surface area contributed by atoms with Crippen molar-refractivity contribution in [3.05, 3.63) is 52.2 Å². The lowest BCUT2D eigenvalue weighted by Gasteiger charge is -2.24. The van der Waals surface area contributed by atoms with Crippen LogP contribution >= 0.6 is 11.3 Å². The summed E-state index contributed by atoms with van der Waals surface area (Å²) in [5, 5.41) is 8.33. The standard InChI is InChI=1S/C19H21N3O2S/c23-18(17-5-2-10-25-17)21-15-4-1-3-13(11-15)19(24)22-9-8-14-6-7-16(12-22)20-14/h1-5,10-11,14,16,20H,6-9,12H2,(H,21,23). The van der Waals surface area contributed by atoms with E-state index in [1.54, 1.807) is 12.1 Å². The maximum atomic E-state index is 12.9. The molecule has 5 nitrogen and oxygen atoms in total. The Morgan fingerprint density at radius 1 is 1.12 bits per heavy atom. The van der Waals surface area contributed by atoms with Gasteiger partial charge in [-0.15, -0.1) is 11.3 Å². The number of hydrogen-bond acceptors (Lipinski definition) is 4. The monoisotopic (exact) mass is 355 g/mol. The van der Waals surface area contributed by atoms with Crippen LogP contribution in [0.5, 0.6) is 0 Å². The zero-order valence-electron chi connectivity index (χ0n) is 13.9. The third-order valence-corrected chi connectivity index (χ3v) is 5.79. The van der Waals surface area contributed by atoms with Crippen LogP contribution in [-0.2, 0) is 0 Å². The molecule has 2 atom stereocenters. The number of hydrogen-bond donors (Lipinski definition) is 2. The Labute approximate surface area is 151 Å². The summed E-state index contributed by atoms with van der Waals surface area (Å²) in [7, 11) is 0. The Bertz CT molecular complexity index is 775. The molecule has 1 aromatic carbocycles. The number of fused-ring (bicyclic) bond motifs is 2. The number of carbonyl (C=O) groups excluding carboxylic acids is 2. The minimum absolute atomic E-state index is 0.0431. The summed E-state index contributed by atoms with van der Waals surface area (Å²) in [6.07, 6.45) is 3.37. The molecule has 1 aromatic heterocycles. The third kappa shape index (κ3) is 3.60. The molecule has 2 aliphatic rings. The zero-order valence-corrected chi connectivity index (χ0v) is 14.7. The SMILES string of the molecule is O=C(Nc1cccc(C(=O)N2CCC3CCC(C2)N3)c1)c1cccs1. The van der Waals surface area contributed by atoms with Crippen molar-refractivity contribution in [2.45, 2.75) is 31.3 Å². The maximum Gasteiger partial charge on any atom is 0.265 e. The normalized spacial score (nSPS) is 22.5. The number of rotatable bonds is 3. The molecule has 130 valence electrons. The van der Waals surface area contributed by atoms with Gasteiger partial charge in [0.2, 0.25) is 0 Å². The van der Waals surface area contributed by atoms with Crippen LogP contribution in [0.3, 0.4) is 0 Å². The lowest BCUT2D eigenvalue weighted by atomic mass is 10.1. The second-order valence-corrected chi connectivity index (χ2v) is 7.64. The molecule has 2 aromatic rings. The van der Waals surface area contributed by atoms with Crippen molar-refractivity contribution in [1.29, 1.82) is 0 Å².